The van der Waals surface area contributed by atoms with Gasteiger partial charge in [-0.2, -0.15) is 0 Å². The van der Waals surface area contributed by atoms with Crippen LogP contribution in [0.25, 0.3) is 11.5 Å². The largest absolute Gasteiger partial charge is 0.493 e. The molecule has 2 aromatic carbocycles. The van der Waals surface area contributed by atoms with Crippen molar-refractivity contribution in [2.24, 2.45) is 0 Å². The Morgan fingerprint density at radius 3 is 2.58 bits per heavy atom. The van der Waals surface area contributed by atoms with Crippen molar-refractivity contribution in [1.82, 2.24) is 9.88 Å². The molecule has 1 aliphatic heterocycles. The third kappa shape index (κ3) is 4.91. The fraction of sp³-hybridized carbons (Fsp3) is 0.370. The molecule has 1 fully saturated rings. The molecule has 0 bridgehead atoms. The Hall–Kier alpha value is -3.88. The summed E-state index contributed by atoms with van der Waals surface area (Å²) in [7, 11) is 1.52. The molecule has 4 rings (SSSR count). The van der Waals surface area contributed by atoms with Crippen molar-refractivity contribution in [3.8, 4) is 23.0 Å². The van der Waals surface area contributed by atoms with Gasteiger partial charge in [0, 0.05) is 12.1 Å². The molecule has 1 atom stereocenters. The maximum Gasteiger partial charge on any atom is 0.326 e. The highest BCUT2D eigenvalue weighted by Gasteiger charge is 2.41. The molecule has 0 aliphatic carbocycles. The van der Waals surface area contributed by atoms with Crippen molar-refractivity contribution < 1.29 is 33.0 Å². The number of carbonyl (C=O) groups is 2. The van der Waals surface area contributed by atoms with E-state index in [2.05, 4.69) is 4.98 Å². The number of aryl methyl sites for hydroxylation is 1. The second kappa shape index (κ2) is 10.0. The van der Waals surface area contributed by atoms with Gasteiger partial charge >= 0.3 is 5.97 Å². The zero-order chi connectivity index (χ0) is 26.0. The van der Waals surface area contributed by atoms with E-state index < -0.39 is 17.4 Å². The highest BCUT2D eigenvalue weighted by molar-refractivity contribution is 5.91. The summed E-state index contributed by atoms with van der Waals surface area (Å²) in [5.74, 6) is 0.232. The van der Waals surface area contributed by atoms with E-state index >= 15 is 0 Å². The number of rotatable bonds is 8. The van der Waals surface area contributed by atoms with E-state index in [9.17, 15) is 19.1 Å². The third-order valence-electron chi connectivity index (χ3n) is 6.57. The van der Waals surface area contributed by atoms with Gasteiger partial charge in [0.25, 0.3) is 0 Å². The average Bonchev–Trinajstić information content (AvgIpc) is 3.49. The van der Waals surface area contributed by atoms with Crippen molar-refractivity contribution in [2.45, 2.75) is 51.7 Å². The number of aromatic nitrogens is 1. The number of carboxylic acids is 1. The lowest BCUT2D eigenvalue weighted by Crippen LogP contribution is -2.48. The van der Waals surface area contributed by atoms with Gasteiger partial charge in [-0.15, -0.1) is 0 Å². The van der Waals surface area contributed by atoms with Crippen LogP contribution in [-0.2, 0) is 21.6 Å². The number of oxazole rings is 1. The Labute approximate surface area is 208 Å². The number of nitrogens with zero attached hydrogens (tertiary/aromatic N) is 2. The van der Waals surface area contributed by atoms with Gasteiger partial charge in [0.15, 0.2) is 11.5 Å². The second-order valence-electron chi connectivity index (χ2n) is 9.30. The van der Waals surface area contributed by atoms with Crippen molar-refractivity contribution in [3.63, 3.8) is 0 Å². The van der Waals surface area contributed by atoms with Gasteiger partial charge in [0.1, 0.15) is 29.9 Å². The van der Waals surface area contributed by atoms with Crippen LogP contribution in [0, 0.1) is 12.7 Å². The number of hydrogen-bond donors (Lipinski definition) is 1. The van der Waals surface area contributed by atoms with Crippen LogP contribution >= 0.6 is 0 Å². The monoisotopic (exact) mass is 496 g/mol. The van der Waals surface area contributed by atoms with Crippen LogP contribution in [0.15, 0.2) is 46.9 Å². The molecule has 1 amide bonds. The predicted molar refractivity (Wildman–Crippen MR) is 129 cm³/mol. The Kier molecular flexibility index (Phi) is 7.01. The second-order valence-corrected chi connectivity index (χ2v) is 9.30. The molecule has 190 valence electrons. The molecule has 8 nitrogen and oxygen atoms in total. The number of amides is 1. The molecule has 1 aromatic heterocycles. The van der Waals surface area contributed by atoms with Crippen LogP contribution in [0.2, 0.25) is 0 Å². The van der Waals surface area contributed by atoms with E-state index in [0.717, 1.165) is 0 Å². The van der Waals surface area contributed by atoms with E-state index in [1.807, 2.05) is 0 Å². The minimum absolute atomic E-state index is 0.0813. The predicted octanol–water partition coefficient (Wildman–Crippen LogP) is 4.73. The van der Waals surface area contributed by atoms with Gasteiger partial charge in [-0.05, 0) is 75.6 Å². The topological polar surface area (TPSA) is 102 Å². The van der Waals surface area contributed by atoms with Crippen LogP contribution < -0.4 is 9.47 Å². The quantitative estimate of drug-likeness (QED) is 0.481. The van der Waals surface area contributed by atoms with Crippen LogP contribution in [0.3, 0.4) is 0 Å². The standard InChI is InChI=1S/C27H29FN2O6/c1-16-20(29-24(36-16)17-7-10-19(28)11-8-17)15-35-23-14-18(9-12-22(23)34-4)27(2,3)26(33)30-13-5-6-21(30)25(31)32/h7-12,14,21H,5-6,13,15H2,1-4H3,(H,31,32)/t21-/m1/s1. The molecule has 0 spiro atoms. The molecule has 1 saturated heterocycles. The molecular formula is C27H29FN2O6. The van der Waals surface area contributed by atoms with Gasteiger partial charge in [-0.25, -0.2) is 14.2 Å². The number of carbonyl (C=O) groups excluding carboxylic acids is 1. The molecule has 3 aromatic rings. The fourth-order valence-electron chi connectivity index (χ4n) is 4.35. The molecule has 2 heterocycles. The van der Waals surface area contributed by atoms with Crippen LogP contribution in [0.1, 0.15) is 43.7 Å². The summed E-state index contributed by atoms with van der Waals surface area (Å²) in [5.41, 5.74) is 0.899. The fourth-order valence-corrected chi connectivity index (χ4v) is 4.35. The Morgan fingerprint density at radius 2 is 1.92 bits per heavy atom. The van der Waals surface area contributed by atoms with E-state index in [1.54, 1.807) is 51.1 Å². The lowest BCUT2D eigenvalue weighted by Gasteiger charge is -2.32. The molecule has 0 unspecified atom stereocenters. The number of halogens is 1. The first-order valence-electron chi connectivity index (χ1n) is 11.7. The maximum absolute atomic E-state index is 13.4. The summed E-state index contributed by atoms with van der Waals surface area (Å²) < 4.78 is 30.5. The number of carboxylic acid groups (broad SMARTS) is 1. The van der Waals surface area contributed by atoms with Crippen molar-refractivity contribution in [1.29, 1.82) is 0 Å². The SMILES string of the molecule is COc1ccc(C(C)(C)C(=O)N2CCC[C@@H]2C(=O)O)cc1OCc1nc(-c2ccc(F)cc2)oc1C. The molecular weight excluding hydrogens is 467 g/mol. The Balaban J connectivity index is 1.55. The number of benzene rings is 2. The third-order valence-corrected chi connectivity index (χ3v) is 6.57. The molecule has 1 aliphatic rings. The van der Waals surface area contributed by atoms with Crippen LogP contribution in [-0.4, -0.2) is 46.6 Å². The van der Waals surface area contributed by atoms with Crippen molar-refractivity contribution in [2.75, 3.05) is 13.7 Å². The van der Waals surface area contributed by atoms with Gasteiger partial charge in [0.05, 0.1) is 12.5 Å². The first-order chi connectivity index (χ1) is 17.1. The minimum Gasteiger partial charge on any atom is -0.493 e. The molecule has 1 N–H and O–H groups in total. The summed E-state index contributed by atoms with van der Waals surface area (Å²) >= 11 is 0. The first kappa shape index (κ1) is 25.2. The maximum atomic E-state index is 13.4. The molecule has 0 saturated carbocycles. The van der Waals surface area contributed by atoms with Crippen LogP contribution in [0.5, 0.6) is 11.5 Å². The highest BCUT2D eigenvalue weighted by atomic mass is 19.1. The normalized spacial score (nSPS) is 15.7. The Morgan fingerprint density at radius 1 is 1.19 bits per heavy atom. The van der Waals surface area contributed by atoms with Gasteiger partial charge in [-0.3, -0.25) is 4.79 Å². The van der Waals surface area contributed by atoms with E-state index in [-0.39, 0.29) is 18.3 Å². The number of aliphatic carboxylic acids is 1. The molecule has 9 heteroatoms. The van der Waals surface area contributed by atoms with Crippen LogP contribution in [0.4, 0.5) is 4.39 Å². The number of ether oxygens (including phenoxy) is 2. The van der Waals surface area contributed by atoms with Crippen molar-refractivity contribution in [3.05, 3.63) is 65.3 Å². The van der Waals surface area contributed by atoms with Gasteiger partial charge in [-0.1, -0.05) is 6.07 Å². The van der Waals surface area contributed by atoms with E-state index in [4.69, 9.17) is 13.9 Å². The zero-order valence-corrected chi connectivity index (χ0v) is 20.7. The molecule has 36 heavy (non-hydrogen) atoms. The lowest BCUT2D eigenvalue weighted by molar-refractivity contribution is -0.150. The first-order valence-corrected chi connectivity index (χ1v) is 11.7. The molecule has 0 radical (unpaired) electrons. The smallest absolute Gasteiger partial charge is 0.326 e. The Bertz CT molecular complexity index is 1270. The summed E-state index contributed by atoms with van der Waals surface area (Å²) in [6.45, 7) is 5.81. The average molecular weight is 497 g/mol. The summed E-state index contributed by atoms with van der Waals surface area (Å²) in [5, 5.41) is 9.51. The number of methoxy groups -OCH3 is 1. The van der Waals surface area contributed by atoms with Gasteiger partial charge in [0.2, 0.25) is 11.8 Å². The van der Waals surface area contributed by atoms with E-state index in [0.29, 0.717) is 59.4 Å². The zero-order valence-electron chi connectivity index (χ0n) is 20.7. The van der Waals surface area contributed by atoms with E-state index in [1.165, 1.54) is 24.1 Å². The highest BCUT2D eigenvalue weighted by Crippen LogP contribution is 2.36. The minimum atomic E-state index is -0.988. The van der Waals surface area contributed by atoms with Crippen molar-refractivity contribution >= 4 is 11.9 Å². The number of likely N-dealkylation sites (tertiary alicyclic amines) is 1. The van der Waals surface area contributed by atoms with Gasteiger partial charge < -0.3 is 23.9 Å². The summed E-state index contributed by atoms with van der Waals surface area (Å²) in [6.07, 6.45) is 1.11. The summed E-state index contributed by atoms with van der Waals surface area (Å²) in [6, 6.07) is 10.3. The lowest BCUT2D eigenvalue weighted by atomic mass is 9.82. The summed E-state index contributed by atoms with van der Waals surface area (Å²) in [4.78, 5) is 30.9. The number of hydrogen-bond acceptors (Lipinski definition) is 6.